The molecule has 2 nitrogen and oxygen atoms in total. The van der Waals surface area contributed by atoms with Crippen LogP contribution in [-0.4, -0.2) is 18.5 Å². The van der Waals surface area contributed by atoms with Gasteiger partial charge in [-0.2, -0.15) is 13.2 Å². The van der Waals surface area contributed by atoms with E-state index in [2.05, 4.69) is 15.9 Å². The summed E-state index contributed by atoms with van der Waals surface area (Å²) in [7, 11) is 0. The molecule has 0 radical (unpaired) electrons. The molecular weight excluding hydrogens is 337 g/mol. The van der Waals surface area contributed by atoms with Gasteiger partial charge in [0.05, 0.1) is 11.7 Å². The minimum Gasteiger partial charge on any atom is -0.378 e. The quantitative estimate of drug-likeness (QED) is 0.741. The van der Waals surface area contributed by atoms with Crippen molar-refractivity contribution in [1.82, 2.24) is 0 Å². The molecule has 0 aliphatic carbocycles. The predicted octanol–water partition coefficient (Wildman–Crippen LogP) is 4.61. The molecule has 20 heavy (non-hydrogen) atoms. The van der Waals surface area contributed by atoms with Crippen LogP contribution in [0.2, 0.25) is 0 Å². The molecule has 1 unspecified atom stereocenters. The Bertz CT molecular complexity index is 494. The number of alkyl halides is 3. The largest absolute Gasteiger partial charge is 0.417 e. The molecule has 2 rings (SSSR count). The number of carbonyl (C=O) groups excluding carboxylic acids is 1. The molecule has 1 aliphatic heterocycles. The summed E-state index contributed by atoms with van der Waals surface area (Å²) in [5, 5.41) is 0. The Labute approximate surface area is 123 Å². The first-order valence-corrected chi connectivity index (χ1v) is 7.19. The number of halogens is 4. The molecular formula is C14H14BrF3O2. The molecule has 0 saturated carbocycles. The first kappa shape index (κ1) is 15.5. The van der Waals surface area contributed by atoms with Crippen LogP contribution in [0.4, 0.5) is 13.2 Å². The highest BCUT2D eigenvalue weighted by Gasteiger charge is 2.33. The fourth-order valence-corrected chi connectivity index (χ4v) is 2.70. The van der Waals surface area contributed by atoms with Crippen LogP contribution in [-0.2, 0) is 10.9 Å². The summed E-state index contributed by atoms with van der Waals surface area (Å²) < 4.78 is 43.6. The van der Waals surface area contributed by atoms with Gasteiger partial charge >= 0.3 is 6.18 Å². The molecule has 6 heteroatoms. The van der Waals surface area contributed by atoms with E-state index in [0.717, 1.165) is 18.9 Å². The van der Waals surface area contributed by atoms with Gasteiger partial charge < -0.3 is 4.74 Å². The molecule has 1 aromatic rings. The van der Waals surface area contributed by atoms with Crippen molar-refractivity contribution < 1.29 is 22.7 Å². The van der Waals surface area contributed by atoms with Gasteiger partial charge in [-0.25, -0.2) is 0 Å². The highest BCUT2D eigenvalue weighted by atomic mass is 79.9. The highest BCUT2D eigenvalue weighted by molar-refractivity contribution is 9.10. The maximum Gasteiger partial charge on any atom is 0.417 e. The lowest BCUT2D eigenvalue weighted by molar-refractivity contribution is -0.138. The lowest BCUT2D eigenvalue weighted by atomic mass is 10.0. The molecule has 0 bridgehead atoms. The van der Waals surface area contributed by atoms with E-state index in [1.54, 1.807) is 0 Å². The third-order valence-corrected chi connectivity index (χ3v) is 4.00. The molecule has 1 heterocycles. The van der Waals surface area contributed by atoms with E-state index in [9.17, 15) is 18.0 Å². The van der Waals surface area contributed by atoms with E-state index < -0.39 is 11.7 Å². The minimum atomic E-state index is -4.47. The van der Waals surface area contributed by atoms with Gasteiger partial charge in [0, 0.05) is 23.1 Å². The van der Waals surface area contributed by atoms with Crippen molar-refractivity contribution in [3.05, 3.63) is 33.8 Å². The summed E-state index contributed by atoms with van der Waals surface area (Å²) in [6.07, 6.45) is -1.73. The third kappa shape index (κ3) is 3.82. The smallest absolute Gasteiger partial charge is 0.378 e. The van der Waals surface area contributed by atoms with Gasteiger partial charge in [0.2, 0.25) is 0 Å². The molecule has 0 N–H and O–H groups in total. The van der Waals surface area contributed by atoms with Crippen molar-refractivity contribution in [2.45, 2.75) is 38.0 Å². The fourth-order valence-electron chi connectivity index (χ4n) is 2.22. The number of Topliss-reactive ketones (excluding diaryl/α,β-unsaturated/α-hetero) is 1. The van der Waals surface area contributed by atoms with Crippen LogP contribution in [0.3, 0.4) is 0 Å². The fraction of sp³-hybridized carbons (Fsp3) is 0.500. The maximum absolute atomic E-state index is 12.8. The van der Waals surface area contributed by atoms with E-state index in [1.165, 1.54) is 12.1 Å². The molecule has 1 saturated heterocycles. The van der Waals surface area contributed by atoms with E-state index in [-0.39, 0.29) is 28.3 Å². The van der Waals surface area contributed by atoms with Crippen LogP contribution in [0.25, 0.3) is 0 Å². The Balaban J connectivity index is 2.06. The second kappa shape index (κ2) is 6.26. The Hall–Kier alpha value is -0.880. The predicted molar refractivity (Wildman–Crippen MR) is 71.7 cm³/mol. The van der Waals surface area contributed by atoms with Crippen molar-refractivity contribution in [2.24, 2.45) is 0 Å². The highest BCUT2D eigenvalue weighted by Crippen LogP contribution is 2.35. The van der Waals surface area contributed by atoms with Crippen molar-refractivity contribution in [3.63, 3.8) is 0 Å². The Morgan fingerprint density at radius 1 is 1.40 bits per heavy atom. The topological polar surface area (TPSA) is 26.3 Å². The SMILES string of the molecule is O=C(CCC1CCCO1)c1ccc(Br)c(C(F)(F)F)c1. The number of hydrogen-bond donors (Lipinski definition) is 0. The summed E-state index contributed by atoms with van der Waals surface area (Å²) in [6.45, 7) is 0.704. The van der Waals surface area contributed by atoms with Crippen molar-refractivity contribution in [2.75, 3.05) is 6.61 Å². The number of ether oxygens (including phenoxy) is 1. The van der Waals surface area contributed by atoms with E-state index in [1.807, 2.05) is 0 Å². The Morgan fingerprint density at radius 3 is 2.75 bits per heavy atom. The Kier molecular flexibility index (Phi) is 4.86. The zero-order chi connectivity index (χ0) is 14.8. The lowest BCUT2D eigenvalue weighted by Gasteiger charge is -2.11. The second-order valence-corrected chi connectivity index (χ2v) is 5.64. The first-order valence-electron chi connectivity index (χ1n) is 6.39. The summed E-state index contributed by atoms with van der Waals surface area (Å²) in [4.78, 5) is 12.0. The molecule has 1 aromatic carbocycles. The van der Waals surface area contributed by atoms with Crippen LogP contribution >= 0.6 is 15.9 Å². The summed E-state index contributed by atoms with van der Waals surface area (Å²) in [5.41, 5.74) is -0.723. The summed E-state index contributed by atoms with van der Waals surface area (Å²) >= 11 is 2.86. The van der Waals surface area contributed by atoms with Crippen molar-refractivity contribution in [1.29, 1.82) is 0 Å². The average Bonchev–Trinajstić information content (AvgIpc) is 2.88. The van der Waals surface area contributed by atoms with Gasteiger partial charge in [0.25, 0.3) is 0 Å². The van der Waals surface area contributed by atoms with E-state index >= 15 is 0 Å². The zero-order valence-corrected chi connectivity index (χ0v) is 12.3. The van der Waals surface area contributed by atoms with Gasteiger partial charge in [-0.3, -0.25) is 4.79 Å². The van der Waals surface area contributed by atoms with Crippen LogP contribution in [0, 0.1) is 0 Å². The molecule has 0 spiro atoms. The van der Waals surface area contributed by atoms with Crippen LogP contribution in [0.15, 0.2) is 22.7 Å². The standard InChI is InChI=1S/C14H14BrF3O2/c15-12-5-3-9(8-11(12)14(16,17)18)13(19)6-4-10-2-1-7-20-10/h3,5,8,10H,1-2,4,6-7H2. The normalized spacial score (nSPS) is 19.3. The number of benzene rings is 1. The molecule has 110 valence electrons. The Morgan fingerprint density at radius 2 is 2.15 bits per heavy atom. The zero-order valence-electron chi connectivity index (χ0n) is 10.7. The number of carbonyl (C=O) groups is 1. The molecule has 0 aromatic heterocycles. The molecule has 0 amide bonds. The van der Waals surface area contributed by atoms with Gasteiger partial charge in [0.15, 0.2) is 5.78 Å². The van der Waals surface area contributed by atoms with Gasteiger partial charge in [-0.05, 0) is 31.4 Å². The summed E-state index contributed by atoms with van der Waals surface area (Å²) in [6, 6.07) is 3.58. The lowest BCUT2D eigenvalue weighted by Crippen LogP contribution is -2.11. The maximum atomic E-state index is 12.8. The van der Waals surface area contributed by atoms with Gasteiger partial charge in [-0.15, -0.1) is 0 Å². The number of ketones is 1. The number of rotatable bonds is 4. The van der Waals surface area contributed by atoms with E-state index in [0.29, 0.717) is 13.0 Å². The summed E-state index contributed by atoms with van der Waals surface area (Å²) in [5.74, 6) is -0.279. The van der Waals surface area contributed by atoms with Crippen LogP contribution in [0.1, 0.15) is 41.6 Å². The van der Waals surface area contributed by atoms with E-state index in [4.69, 9.17) is 4.74 Å². The molecule has 1 fully saturated rings. The number of hydrogen-bond acceptors (Lipinski definition) is 2. The average molecular weight is 351 g/mol. The van der Waals surface area contributed by atoms with Crippen molar-refractivity contribution in [3.8, 4) is 0 Å². The minimum absolute atomic E-state index is 0.0549. The first-order chi connectivity index (χ1) is 9.38. The van der Waals surface area contributed by atoms with Gasteiger partial charge in [0.1, 0.15) is 0 Å². The second-order valence-electron chi connectivity index (χ2n) is 4.79. The van der Waals surface area contributed by atoms with Crippen LogP contribution in [0.5, 0.6) is 0 Å². The third-order valence-electron chi connectivity index (χ3n) is 3.31. The van der Waals surface area contributed by atoms with Crippen molar-refractivity contribution >= 4 is 21.7 Å². The monoisotopic (exact) mass is 350 g/mol. The van der Waals surface area contributed by atoms with Crippen LogP contribution < -0.4 is 0 Å². The molecule has 1 atom stereocenters. The molecule has 1 aliphatic rings. The van der Waals surface area contributed by atoms with Gasteiger partial charge in [-0.1, -0.05) is 22.0 Å².